The maximum atomic E-state index is 12.5. The molecule has 0 heterocycles. The number of hydrogen-bond acceptors (Lipinski definition) is 4. The van der Waals surface area contributed by atoms with E-state index < -0.39 is 24.0 Å². The van der Waals surface area contributed by atoms with Gasteiger partial charge in [-0.2, -0.15) is 0 Å². The van der Waals surface area contributed by atoms with Crippen molar-refractivity contribution in [2.24, 2.45) is 5.92 Å². The number of aliphatic carboxylic acids is 1. The predicted molar refractivity (Wildman–Crippen MR) is 121 cm³/mol. The minimum atomic E-state index is -1.07. The van der Waals surface area contributed by atoms with Crippen LogP contribution in [0.1, 0.15) is 50.2 Å². The normalized spacial score (nSPS) is 14.1. The van der Waals surface area contributed by atoms with Gasteiger partial charge in [0.25, 0.3) is 0 Å². The number of alkyl carbamates (subject to hydrolysis) is 1. The standard InChI is InChI=1S/C25H30N2O5/c1-3-9-16(23(28)27-22(4-2)24(29)30)14-26-25(31)32-15-21-19-12-7-5-10-17(19)18-11-6-8-13-20(18)21/h5-8,10-13,16,21-22H,3-4,9,14-15H2,1-2H3,(H,26,31)(H,27,28)(H,29,30). The lowest BCUT2D eigenvalue weighted by atomic mass is 9.98. The Bertz CT molecular complexity index is 929. The number of amides is 2. The second-order valence-electron chi connectivity index (χ2n) is 8.00. The highest BCUT2D eigenvalue weighted by atomic mass is 16.5. The summed E-state index contributed by atoms with van der Waals surface area (Å²) in [4.78, 5) is 36.1. The van der Waals surface area contributed by atoms with Gasteiger partial charge in [-0.25, -0.2) is 9.59 Å². The van der Waals surface area contributed by atoms with E-state index >= 15 is 0 Å². The molecule has 2 aromatic rings. The van der Waals surface area contributed by atoms with Crippen molar-refractivity contribution in [3.05, 3.63) is 59.7 Å². The van der Waals surface area contributed by atoms with Gasteiger partial charge in [0.15, 0.2) is 0 Å². The molecule has 0 bridgehead atoms. The highest BCUT2D eigenvalue weighted by Gasteiger charge is 2.29. The summed E-state index contributed by atoms with van der Waals surface area (Å²) in [5.74, 6) is -2.00. The van der Waals surface area contributed by atoms with Crippen LogP contribution in [0.5, 0.6) is 0 Å². The first kappa shape index (κ1) is 23.3. The summed E-state index contributed by atoms with van der Waals surface area (Å²) < 4.78 is 5.51. The largest absolute Gasteiger partial charge is 0.480 e. The Morgan fingerprint density at radius 2 is 1.59 bits per heavy atom. The third kappa shape index (κ3) is 5.28. The Hall–Kier alpha value is -3.35. The van der Waals surface area contributed by atoms with Crippen LogP contribution in [0.25, 0.3) is 11.1 Å². The van der Waals surface area contributed by atoms with E-state index in [0.29, 0.717) is 12.8 Å². The van der Waals surface area contributed by atoms with Crippen LogP contribution in [0.4, 0.5) is 4.79 Å². The summed E-state index contributed by atoms with van der Waals surface area (Å²) in [6.45, 7) is 3.92. The number of hydrogen-bond donors (Lipinski definition) is 3. The Kier molecular flexibility index (Phi) is 7.87. The lowest BCUT2D eigenvalue weighted by Crippen LogP contribution is -2.46. The topological polar surface area (TPSA) is 105 Å². The van der Waals surface area contributed by atoms with Crippen LogP contribution in [0, 0.1) is 5.92 Å². The van der Waals surface area contributed by atoms with Gasteiger partial charge in [-0.1, -0.05) is 68.8 Å². The molecule has 1 aliphatic rings. The maximum Gasteiger partial charge on any atom is 0.407 e. The molecule has 0 fully saturated rings. The molecule has 0 radical (unpaired) electrons. The first-order valence-electron chi connectivity index (χ1n) is 11.1. The van der Waals surface area contributed by atoms with E-state index in [9.17, 15) is 14.4 Å². The van der Waals surface area contributed by atoms with Crippen LogP contribution >= 0.6 is 0 Å². The molecule has 7 heteroatoms. The lowest BCUT2D eigenvalue weighted by Gasteiger charge is -2.20. The van der Waals surface area contributed by atoms with Crippen LogP contribution < -0.4 is 10.6 Å². The molecule has 2 aromatic carbocycles. The summed E-state index contributed by atoms with van der Waals surface area (Å²) in [5, 5.41) is 14.4. The summed E-state index contributed by atoms with van der Waals surface area (Å²) in [6, 6.07) is 15.3. The highest BCUT2D eigenvalue weighted by Crippen LogP contribution is 2.44. The van der Waals surface area contributed by atoms with Crippen molar-refractivity contribution in [2.45, 2.75) is 45.1 Å². The molecule has 7 nitrogen and oxygen atoms in total. The van der Waals surface area contributed by atoms with Gasteiger partial charge in [-0.15, -0.1) is 0 Å². The van der Waals surface area contributed by atoms with Gasteiger partial charge in [0.2, 0.25) is 5.91 Å². The average Bonchev–Trinajstić information content (AvgIpc) is 3.12. The van der Waals surface area contributed by atoms with Crippen molar-refractivity contribution in [2.75, 3.05) is 13.2 Å². The molecule has 0 aromatic heterocycles. The van der Waals surface area contributed by atoms with Gasteiger partial charge < -0.3 is 20.5 Å². The first-order chi connectivity index (χ1) is 15.5. The number of ether oxygens (including phenoxy) is 1. The summed E-state index contributed by atoms with van der Waals surface area (Å²) in [5.41, 5.74) is 4.56. The minimum absolute atomic E-state index is 0.0382. The smallest absolute Gasteiger partial charge is 0.407 e. The molecule has 0 saturated carbocycles. The second kappa shape index (κ2) is 10.8. The summed E-state index contributed by atoms with van der Waals surface area (Å²) in [7, 11) is 0. The molecule has 3 N–H and O–H groups in total. The molecule has 1 aliphatic carbocycles. The third-order valence-electron chi connectivity index (χ3n) is 5.87. The Balaban J connectivity index is 1.57. The van der Waals surface area contributed by atoms with Gasteiger partial charge in [0.1, 0.15) is 12.6 Å². The van der Waals surface area contributed by atoms with Crippen molar-refractivity contribution in [1.82, 2.24) is 10.6 Å². The van der Waals surface area contributed by atoms with E-state index in [-0.39, 0.29) is 25.0 Å². The van der Waals surface area contributed by atoms with Crippen molar-refractivity contribution in [3.63, 3.8) is 0 Å². The highest BCUT2D eigenvalue weighted by molar-refractivity contribution is 5.85. The van der Waals surface area contributed by atoms with E-state index in [2.05, 4.69) is 34.9 Å². The molecular weight excluding hydrogens is 408 g/mol. The summed E-state index contributed by atoms with van der Waals surface area (Å²) in [6.07, 6.45) is 0.964. The molecule has 0 saturated heterocycles. The molecule has 0 aliphatic heterocycles. The quantitative estimate of drug-likeness (QED) is 0.521. The van der Waals surface area contributed by atoms with Crippen LogP contribution in [-0.4, -0.2) is 42.3 Å². The molecule has 2 unspecified atom stereocenters. The number of rotatable bonds is 10. The Morgan fingerprint density at radius 3 is 2.12 bits per heavy atom. The summed E-state index contributed by atoms with van der Waals surface area (Å²) >= 11 is 0. The van der Waals surface area contributed by atoms with E-state index in [1.807, 2.05) is 31.2 Å². The Labute approximate surface area is 188 Å². The molecule has 170 valence electrons. The van der Waals surface area contributed by atoms with E-state index in [1.165, 1.54) is 0 Å². The molecule has 2 amide bonds. The van der Waals surface area contributed by atoms with Crippen LogP contribution in [0.15, 0.2) is 48.5 Å². The molecule has 32 heavy (non-hydrogen) atoms. The zero-order chi connectivity index (χ0) is 23.1. The fourth-order valence-corrected chi connectivity index (χ4v) is 4.16. The molecular formula is C25H30N2O5. The van der Waals surface area contributed by atoms with Crippen LogP contribution in [0.2, 0.25) is 0 Å². The monoisotopic (exact) mass is 438 g/mol. The maximum absolute atomic E-state index is 12.5. The van der Waals surface area contributed by atoms with Gasteiger partial charge >= 0.3 is 12.1 Å². The van der Waals surface area contributed by atoms with E-state index in [0.717, 1.165) is 28.7 Å². The van der Waals surface area contributed by atoms with E-state index in [1.54, 1.807) is 6.92 Å². The molecule has 3 rings (SSSR count). The first-order valence-corrected chi connectivity index (χ1v) is 11.1. The zero-order valence-corrected chi connectivity index (χ0v) is 18.5. The van der Waals surface area contributed by atoms with Gasteiger partial charge in [0, 0.05) is 12.5 Å². The van der Waals surface area contributed by atoms with Crippen molar-refractivity contribution in [1.29, 1.82) is 0 Å². The second-order valence-corrected chi connectivity index (χ2v) is 8.00. The number of benzene rings is 2. The fraction of sp³-hybridized carbons (Fsp3) is 0.400. The number of carboxylic acid groups (broad SMARTS) is 1. The number of carboxylic acids is 1. The Morgan fingerprint density at radius 1 is 1.00 bits per heavy atom. The zero-order valence-electron chi connectivity index (χ0n) is 18.5. The van der Waals surface area contributed by atoms with Crippen molar-refractivity contribution < 1.29 is 24.2 Å². The van der Waals surface area contributed by atoms with Crippen LogP contribution in [-0.2, 0) is 14.3 Å². The van der Waals surface area contributed by atoms with Crippen molar-refractivity contribution in [3.8, 4) is 11.1 Å². The SMILES string of the molecule is CCCC(CNC(=O)OCC1c2ccccc2-c2ccccc21)C(=O)NC(CC)C(=O)O. The third-order valence-corrected chi connectivity index (χ3v) is 5.87. The number of carbonyl (C=O) groups excluding carboxylic acids is 2. The van der Waals surface area contributed by atoms with Crippen molar-refractivity contribution >= 4 is 18.0 Å². The van der Waals surface area contributed by atoms with Gasteiger partial charge in [-0.3, -0.25) is 4.79 Å². The fourth-order valence-electron chi connectivity index (χ4n) is 4.16. The van der Waals surface area contributed by atoms with Gasteiger partial charge in [0.05, 0.1) is 5.92 Å². The lowest BCUT2D eigenvalue weighted by molar-refractivity contribution is -0.142. The number of carbonyl (C=O) groups is 3. The van der Waals surface area contributed by atoms with Crippen LogP contribution in [0.3, 0.4) is 0 Å². The molecule has 0 spiro atoms. The number of nitrogens with one attached hydrogen (secondary N) is 2. The number of fused-ring (bicyclic) bond motifs is 3. The predicted octanol–water partition coefficient (Wildman–Crippen LogP) is 3.92. The van der Waals surface area contributed by atoms with Gasteiger partial charge in [-0.05, 0) is 35.1 Å². The van der Waals surface area contributed by atoms with E-state index in [4.69, 9.17) is 9.84 Å². The average molecular weight is 439 g/mol. The molecule has 2 atom stereocenters. The minimum Gasteiger partial charge on any atom is -0.480 e.